The van der Waals surface area contributed by atoms with Crippen LogP contribution in [0, 0.1) is 0 Å². The van der Waals surface area contributed by atoms with Crippen molar-refractivity contribution in [3.8, 4) is 11.3 Å². The molecule has 1 aromatic carbocycles. The molecular formula is C14H15N3O3. The Morgan fingerprint density at radius 1 is 1.25 bits per heavy atom. The molecule has 0 aliphatic heterocycles. The number of carbonyl (C=O) groups is 2. The van der Waals surface area contributed by atoms with Crippen LogP contribution in [0.25, 0.3) is 11.3 Å². The summed E-state index contributed by atoms with van der Waals surface area (Å²) in [5, 5.41) is 6.32. The minimum atomic E-state index is -1.16. The molecule has 0 saturated carbocycles. The molecule has 104 valence electrons. The summed E-state index contributed by atoms with van der Waals surface area (Å²) in [7, 11) is 0. The smallest absolute Gasteiger partial charge is 0.290 e. The summed E-state index contributed by atoms with van der Waals surface area (Å²) < 4.78 is 4.99. The largest absolute Gasteiger partial charge is 0.368 e. The first-order valence-electron chi connectivity index (χ1n) is 6.05. The topological polar surface area (TPSA) is 98.2 Å². The number of aromatic nitrogens is 1. The maximum atomic E-state index is 12.0. The summed E-state index contributed by atoms with van der Waals surface area (Å²) in [6.07, 6.45) is 0. The normalized spacial score (nSPS) is 11.1. The van der Waals surface area contributed by atoms with Gasteiger partial charge in [-0.05, 0) is 13.8 Å². The number of carbonyl (C=O) groups excluding carboxylic acids is 2. The van der Waals surface area contributed by atoms with Gasteiger partial charge in [0, 0.05) is 11.6 Å². The molecule has 1 heterocycles. The molecule has 2 aromatic rings. The van der Waals surface area contributed by atoms with Crippen molar-refractivity contribution in [1.82, 2.24) is 10.5 Å². The van der Waals surface area contributed by atoms with E-state index in [1.165, 1.54) is 19.9 Å². The summed E-state index contributed by atoms with van der Waals surface area (Å²) in [6.45, 7) is 3.03. The van der Waals surface area contributed by atoms with Crippen molar-refractivity contribution in [2.24, 2.45) is 5.73 Å². The summed E-state index contributed by atoms with van der Waals surface area (Å²) in [5.41, 5.74) is 5.42. The van der Waals surface area contributed by atoms with Gasteiger partial charge in [0.2, 0.25) is 11.7 Å². The second-order valence-corrected chi connectivity index (χ2v) is 4.89. The first kappa shape index (κ1) is 13.8. The number of hydrogen-bond acceptors (Lipinski definition) is 4. The highest BCUT2D eigenvalue weighted by Crippen LogP contribution is 2.18. The second kappa shape index (κ2) is 5.16. The van der Waals surface area contributed by atoms with Crippen LogP contribution in [0.1, 0.15) is 24.4 Å². The third-order valence-electron chi connectivity index (χ3n) is 2.85. The van der Waals surface area contributed by atoms with Crippen LogP contribution in [-0.4, -0.2) is 22.5 Å². The monoisotopic (exact) mass is 273 g/mol. The van der Waals surface area contributed by atoms with Crippen molar-refractivity contribution in [2.45, 2.75) is 19.4 Å². The predicted molar refractivity (Wildman–Crippen MR) is 72.7 cm³/mol. The number of nitrogens with two attached hydrogens (primary N) is 1. The Labute approximate surface area is 115 Å². The Morgan fingerprint density at radius 2 is 1.90 bits per heavy atom. The number of hydrogen-bond donors (Lipinski definition) is 2. The molecule has 0 atom stereocenters. The number of nitrogens with zero attached hydrogens (tertiary/aromatic N) is 1. The average molecular weight is 273 g/mol. The van der Waals surface area contributed by atoms with Gasteiger partial charge in [-0.15, -0.1) is 0 Å². The number of primary amides is 1. The molecule has 1 aromatic heterocycles. The zero-order valence-corrected chi connectivity index (χ0v) is 11.2. The van der Waals surface area contributed by atoms with Gasteiger partial charge in [-0.3, -0.25) is 9.59 Å². The number of amides is 2. The van der Waals surface area contributed by atoms with Gasteiger partial charge in [-0.25, -0.2) is 0 Å². The minimum Gasteiger partial charge on any atom is -0.368 e. The van der Waals surface area contributed by atoms with E-state index >= 15 is 0 Å². The predicted octanol–water partition coefficient (Wildman–Crippen LogP) is 1.34. The number of nitrogens with one attached hydrogen (secondary N) is 1. The molecule has 2 rings (SSSR count). The van der Waals surface area contributed by atoms with Gasteiger partial charge in [0.1, 0.15) is 11.2 Å². The lowest BCUT2D eigenvalue weighted by Gasteiger charge is -2.21. The molecule has 0 unspecified atom stereocenters. The maximum absolute atomic E-state index is 12.0. The van der Waals surface area contributed by atoms with E-state index in [0.717, 1.165) is 5.56 Å². The van der Waals surface area contributed by atoms with Crippen LogP contribution in [0.4, 0.5) is 0 Å². The van der Waals surface area contributed by atoms with Crippen LogP contribution in [-0.2, 0) is 4.79 Å². The third kappa shape index (κ3) is 2.85. The lowest BCUT2D eigenvalue weighted by atomic mass is 10.1. The number of rotatable bonds is 4. The first-order valence-corrected chi connectivity index (χ1v) is 6.05. The zero-order chi connectivity index (χ0) is 14.8. The quantitative estimate of drug-likeness (QED) is 0.878. The Balaban J connectivity index is 2.17. The van der Waals surface area contributed by atoms with E-state index < -0.39 is 17.4 Å². The van der Waals surface area contributed by atoms with Crippen LogP contribution in [0.5, 0.6) is 0 Å². The first-order chi connectivity index (χ1) is 9.40. The molecule has 2 amide bonds. The Hall–Kier alpha value is -2.63. The van der Waals surface area contributed by atoms with Crippen LogP contribution in [0.3, 0.4) is 0 Å². The lowest BCUT2D eigenvalue weighted by molar-refractivity contribution is -0.122. The highest BCUT2D eigenvalue weighted by molar-refractivity contribution is 5.97. The van der Waals surface area contributed by atoms with Crippen molar-refractivity contribution in [3.63, 3.8) is 0 Å². The third-order valence-corrected chi connectivity index (χ3v) is 2.85. The SMILES string of the molecule is CC(C)(NC(=O)c1cc(-c2ccccc2)no1)C(N)=O. The summed E-state index contributed by atoms with van der Waals surface area (Å²) in [6, 6.07) is 10.8. The maximum Gasteiger partial charge on any atom is 0.290 e. The van der Waals surface area contributed by atoms with Crippen LogP contribution < -0.4 is 11.1 Å². The fourth-order valence-corrected chi connectivity index (χ4v) is 1.53. The van der Waals surface area contributed by atoms with Crippen molar-refractivity contribution >= 4 is 11.8 Å². The Kier molecular flexibility index (Phi) is 3.56. The van der Waals surface area contributed by atoms with Gasteiger partial charge in [0.05, 0.1) is 0 Å². The average Bonchev–Trinajstić information content (AvgIpc) is 2.88. The van der Waals surface area contributed by atoms with Gasteiger partial charge in [0.25, 0.3) is 5.91 Å². The van der Waals surface area contributed by atoms with E-state index in [9.17, 15) is 9.59 Å². The van der Waals surface area contributed by atoms with E-state index in [1.54, 1.807) is 0 Å². The molecule has 20 heavy (non-hydrogen) atoms. The van der Waals surface area contributed by atoms with E-state index in [-0.39, 0.29) is 5.76 Å². The molecule has 0 radical (unpaired) electrons. The Bertz CT molecular complexity index is 632. The highest BCUT2D eigenvalue weighted by Gasteiger charge is 2.28. The summed E-state index contributed by atoms with van der Waals surface area (Å²) in [4.78, 5) is 23.1. The minimum absolute atomic E-state index is 0.0261. The molecule has 0 bridgehead atoms. The molecular weight excluding hydrogens is 258 g/mol. The molecule has 0 aliphatic carbocycles. The van der Waals surface area contributed by atoms with E-state index in [0.29, 0.717) is 5.69 Å². The standard InChI is InChI=1S/C14H15N3O3/c1-14(2,13(15)19)16-12(18)11-8-10(17-20-11)9-6-4-3-5-7-9/h3-8H,1-2H3,(H2,15,19)(H,16,18). The zero-order valence-electron chi connectivity index (χ0n) is 11.2. The van der Waals surface area contributed by atoms with Crippen LogP contribution in [0.15, 0.2) is 40.9 Å². The van der Waals surface area contributed by atoms with E-state index in [1.807, 2.05) is 30.3 Å². The fourth-order valence-electron chi connectivity index (χ4n) is 1.53. The van der Waals surface area contributed by atoms with Crippen LogP contribution >= 0.6 is 0 Å². The molecule has 6 nitrogen and oxygen atoms in total. The lowest BCUT2D eigenvalue weighted by Crippen LogP contribution is -2.52. The molecule has 0 spiro atoms. The van der Waals surface area contributed by atoms with Crippen molar-refractivity contribution in [3.05, 3.63) is 42.2 Å². The van der Waals surface area contributed by atoms with Gasteiger partial charge < -0.3 is 15.6 Å². The van der Waals surface area contributed by atoms with Gasteiger partial charge in [-0.1, -0.05) is 35.5 Å². The van der Waals surface area contributed by atoms with E-state index in [2.05, 4.69) is 10.5 Å². The number of benzene rings is 1. The molecule has 6 heteroatoms. The van der Waals surface area contributed by atoms with Crippen molar-refractivity contribution in [2.75, 3.05) is 0 Å². The summed E-state index contributed by atoms with van der Waals surface area (Å²) in [5.74, 6) is -1.14. The Morgan fingerprint density at radius 3 is 2.50 bits per heavy atom. The highest BCUT2D eigenvalue weighted by atomic mass is 16.5. The van der Waals surface area contributed by atoms with Crippen LogP contribution in [0.2, 0.25) is 0 Å². The summed E-state index contributed by atoms with van der Waals surface area (Å²) >= 11 is 0. The van der Waals surface area contributed by atoms with Crippen molar-refractivity contribution < 1.29 is 14.1 Å². The van der Waals surface area contributed by atoms with E-state index in [4.69, 9.17) is 10.3 Å². The fraction of sp³-hybridized carbons (Fsp3) is 0.214. The molecule has 0 aliphatic rings. The molecule has 0 fully saturated rings. The van der Waals surface area contributed by atoms with Gasteiger partial charge >= 0.3 is 0 Å². The van der Waals surface area contributed by atoms with Crippen molar-refractivity contribution in [1.29, 1.82) is 0 Å². The molecule has 3 N–H and O–H groups in total. The molecule has 0 saturated heterocycles. The van der Waals surface area contributed by atoms with Gasteiger partial charge in [0.15, 0.2) is 0 Å². The second-order valence-electron chi connectivity index (χ2n) is 4.89. The van der Waals surface area contributed by atoms with Gasteiger partial charge in [-0.2, -0.15) is 0 Å².